The lowest BCUT2D eigenvalue weighted by Gasteiger charge is -2.21. The number of nitrogens with zero attached hydrogens (tertiary/aromatic N) is 4. The summed E-state index contributed by atoms with van der Waals surface area (Å²) >= 11 is 1.59. The number of sulfonamides is 1. The predicted octanol–water partition coefficient (Wildman–Crippen LogP) is 3.82. The number of benzene rings is 1. The van der Waals surface area contributed by atoms with Crippen molar-refractivity contribution in [1.29, 1.82) is 0 Å². The van der Waals surface area contributed by atoms with Gasteiger partial charge in [0.25, 0.3) is 0 Å². The molecule has 30 heavy (non-hydrogen) atoms. The first kappa shape index (κ1) is 21.0. The Bertz CT molecular complexity index is 1090. The summed E-state index contributed by atoms with van der Waals surface area (Å²) in [5.41, 5.74) is 2.22. The summed E-state index contributed by atoms with van der Waals surface area (Å²) in [5.74, 6) is 1.30. The summed E-state index contributed by atoms with van der Waals surface area (Å²) in [4.78, 5) is 8.18. The molecule has 160 valence electrons. The van der Waals surface area contributed by atoms with Crippen LogP contribution in [-0.2, 0) is 22.9 Å². The summed E-state index contributed by atoms with van der Waals surface area (Å²) in [5, 5.41) is 6.05. The van der Waals surface area contributed by atoms with Gasteiger partial charge in [0.15, 0.2) is 0 Å². The molecule has 1 aliphatic heterocycles. The maximum absolute atomic E-state index is 12.8. The summed E-state index contributed by atoms with van der Waals surface area (Å²) in [6.07, 6.45) is 2.48. The van der Waals surface area contributed by atoms with E-state index in [9.17, 15) is 8.42 Å². The second kappa shape index (κ2) is 8.87. The highest BCUT2D eigenvalue weighted by Gasteiger charge is 2.25. The van der Waals surface area contributed by atoms with Crippen LogP contribution in [0.5, 0.6) is 0 Å². The van der Waals surface area contributed by atoms with Gasteiger partial charge in [-0.15, -0.1) is 11.3 Å². The van der Waals surface area contributed by atoms with Crippen molar-refractivity contribution in [3.8, 4) is 10.7 Å². The van der Waals surface area contributed by atoms with E-state index in [2.05, 4.69) is 15.0 Å². The highest BCUT2D eigenvalue weighted by atomic mass is 32.2. The summed E-state index contributed by atoms with van der Waals surface area (Å²) < 4.78 is 32.4. The van der Waals surface area contributed by atoms with Crippen molar-refractivity contribution in [2.45, 2.75) is 38.0 Å². The van der Waals surface area contributed by atoms with Crippen LogP contribution in [0.3, 0.4) is 0 Å². The van der Waals surface area contributed by atoms with Crippen LogP contribution in [0.4, 0.5) is 5.69 Å². The number of rotatable bonds is 9. The second-order valence-corrected chi connectivity index (χ2v) is 10.1. The molecular weight excluding hydrogens is 420 g/mol. The van der Waals surface area contributed by atoms with E-state index in [1.807, 2.05) is 43.5 Å². The molecule has 0 fully saturated rings. The molecule has 0 amide bonds. The van der Waals surface area contributed by atoms with Crippen molar-refractivity contribution in [1.82, 2.24) is 14.4 Å². The van der Waals surface area contributed by atoms with Crippen molar-refractivity contribution in [3.63, 3.8) is 0 Å². The van der Waals surface area contributed by atoms with Gasteiger partial charge in [0.05, 0.1) is 9.77 Å². The van der Waals surface area contributed by atoms with E-state index in [1.54, 1.807) is 17.4 Å². The first-order valence-corrected chi connectivity index (χ1v) is 12.6. The van der Waals surface area contributed by atoms with Crippen LogP contribution >= 0.6 is 11.3 Å². The Kier molecular flexibility index (Phi) is 6.21. The third kappa shape index (κ3) is 4.14. The number of aryl methyl sites for hydroxylation is 1. The van der Waals surface area contributed by atoms with Crippen molar-refractivity contribution in [2.24, 2.45) is 0 Å². The van der Waals surface area contributed by atoms with Crippen LogP contribution in [0.1, 0.15) is 31.7 Å². The van der Waals surface area contributed by atoms with Crippen LogP contribution in [0.2, 0.25) is 0 Å². The SMILES string of the molecule is CCN(CC)S(=O)(=O)c1ccc2c(c1)CCN2CCCc1nc(-c2cccs2)no1. The van der Waals surface area contributed by atoms with Gasteiger partial charge in [-0.2, -0.15) is 9.29 Å². The lowest BCUT2D eigenvalue weighted by Crippen LogP contribution is -2.30. The van der Waals surface area contributed by atoms with Crippen molar-refractivity contribution in [2.75, 3.05) is 31.1 Å². The second-order valence-electron chi connectivity index (χ2n) is 7.21. The van der Waals surface area contributed by atoms with Gasteiger partial charge in [-0.25, -0.2) is 8.42 Å². The van der Waals surface area contributed by atoms with Crippen LogP contribution in [0, 0.1) is 0 Å². The molecule has 7 nitrogen and oxygen atoms in total. The van der Waals surface area contributed by atoms with Gasteiger partial charge in [0.1, 0.15) is 0 Å². The molecular formula is C21H26N4O3S2. The minimum atomic E-state index is -3.42. The average Bonchev–Trinajstić information content (AvgIpc) is 3.49. The number of thiophene rings is 1. The van der Waals surface area contributed by atoms with E-state index < -0.39 is 10.0 Å². The average molecular weight is 447 g/mol. The molecule has 4 rings (SSSR count). The Morgan fingerprint density at radius 1 is 1.23 bits per heavy atom. The fraction of sp³-hybridized carbons (Fsp3) is 0.429. The van der Waals surface area contributed by atoms with Gasteiger partial charge < -0.3 is 9.42 Å². The number of hydrogen-bond donors (Lipinski definition) is 0. The summed E-state index contributed by atoms with van der Waals surface area (Å²) in [6.45, 7) is 6.45. The standard InChI is InChI=1S/C21H26N4O3S2/c1-3-25(4-2)30(26,27)17-9-10-18-16(15-17)11-13-24(18)12-5-8-20-22-21(23-28-20)19-7-6-14-29-19/h6-7,9-10,14-15H,3-5,8,11-13H2,1-2H3. The van der Waals surface area contributed by atoms with E-state index in [-0.39, 0.29) is 0 Å². The molecule has 2 aromatic heterocycles. The zero-order chi connectivity index (χ0) is 21.1. The number of anilines is 1. The van der Waals surface area contributed by atoms with Gasteiger partial charge >= 0.3 is 0 Å². The van der Waals surface area contributed by atoms with Gasteiger partial charge in [-0.1, -0.05) is 25.1 Å². The quantitative estimate of drug-likeness (QED) is 0.497. The Labute approximate surface area is 181 Å². The largest absolute Gasteiger partial charge is 0.371 e. The fourth-order valence-corrected chi connectivity index (χ4v) is 5.99. The molecule has 1 aromatic carbocycles. The predicted molar refractivity (Wildman–Crippen MR) is 118 cm³/mol. The fourth-order valence-electron chi connectivity index (χ4n) is 3.84. The molecule has 0 N–H and O–H groups in total. The highest BCUT2D eigenvalue weighted by molar-refractivity contribution is 7.89. The normalized spacial score (nSPS) is 13.9. The molecule has 9 heteroatoms. The van der Waals surface area contributed by atoms with Crippen LogP contribution in [0.25, 0.3) is 10.7 Å². The maximum Gasteiger partial charge on any atom is 0.243 e. The molecule has 0 saturated heterocycles. The van der Waals surface area contributed by atoms with E-state index in [4.69, 9.17) is 4.52 Å². The summed E-state index contributed by atoms with van der Waals surface area (Å²) in [7, 11) is -3.42. The maximum atomic E-state index is 12.8. The lowest BCUT2D eigenvalue weighted by atomic mass is 10.2. The minimum Gasteiger partial charge on any atom is -0.371 e. The summed E-state index contributed by atoms with van der Waals surface area (Å²) in [6, 6.07) is 9.47. The Hall–Kier alpha value is -2.23. The van der Waals surface area contributed by atoms with Gasteiger partial charge in [0, 0.05) is 38.3 Å². The van der Waals surface area contributed by atoms with Crippen molar-refractivity contribution < 1.29 is 12.9 Å². The lowest BCUT2D eigenvalue weighted by molar-refractivity contribution is 0.376. The minimum absolute atomic E-state index is 0.388. The zero-order valence-electron chi connectivity index (χ0n) is 17.2. The van der Waals surface area contributed by atoms with E-state index in [0.717, 1.165) is 48.5 Å². The third-order valence-corrected chi connectivity index (χ3v) is 8.33. The van der Waals surface area contributed by atoms with Crippen molar-refractivity contribution >= 4 is 27.0 Å². The molecule has 0 aliphatic carbocycles. The molecule has 0 saturated carbocycles. The van der Waals surface area contributed by atoms with Crippen LogP contribution in [-0.4, -0.2) is 49.0 Å². The molecule has 0 spiro atoms. The van der Waals surface area contributed by atoms with Gasteiger partial charge in [0.2, 0.25) is 21.7 Å². The molecule has 3 aromatic rings. The molecule has 0 radical (unpaired) electrons. The first-order chi connectivity index (χ1) is 14.5. The van der Waals surface area contributed by atoms with Crippen molar-refractivity contribution in [3.05, 3.63) is 47.2 Å². The van der Waals surface area contributed by atoms with E-state index >= 15 is 0 Å². The number of hydrogen-bond acceptors (Lipinski definition) is 7. The topological polar surface area (TPSA) is 79.5 Å². The van der Waals surface area contributed by atoms with Gasteiger partial charge in [-0.05, 0) is 48.1 Å². The zero-order valence-corrected chi connectivity index (χ0v) is 18.9. The highest BCUT2D eigenvalue weighted by Crippen LogP contribution is 2.31. The third-order valence-electron chi connectivity index (χ3n) is 5.41. The first-order valence-electron chi connectivity index (χ1n) is 10.3. The molecule has 1 aliphatic rings. The van der Waals surface area contributed by atoms with Gasteiger partial charge in [-0.3, -0.25) is 0 Å². The van der Waals surface area contributed by atoms with Crippen LogP contribution < -0.4 is 4.90 Å². The molecule has 0 bridgehead atoms. The smallest absolute Gasteiger partial charge is 0.243 e. The Balaban J connectivity index is 1.38. The Morgan fingerprint density at radius 3 is 2.80 bits per heavy atom. The molecule has 0 atom stereocenters. The number of aromatic nitrogens is 2. The molecule has 3 heterocycles. The monoisotopic (exact) mass is 446 g/mol. The number of fused-ring (bicyclic) bond motifs is 1. The van der Waals surface area contributed by atoms with E-state index in [0.29, 0.717) is 29.7 Å². The van der Waals surface area contributed by atoms with E-state index in [1.165, 1.54) is 4.31 Å². The Morgan fingerprint density at radius 2 is 2.07 bits per heavy atom. The molecule has 0 unspecified atom stereocenters. The van der Waals surface area contributed by atoms with Crippen LogP contribution in [0.15, 0.2) is 45.1 Å².